The maximum absolute atomic E-state index is 12.3. The fraction of sp³-hybridized carbons (Fsp3) is 0.529. The van der Waals surface area contributed by atoms with E-state index >= 15 is 0 Å². The Hall–Kier alpha value is -1.88. The standard InChI is InChI=1S/C17H21NO4/c19-15(18-17(7-3-8-17)11-16(20)21)10-14-13-5-2-1-4-12(13)6-9-22-14/h1-2,4-5,14H,3,6-11H2,(H,18,19)(H,20,21). The predicted octanol–water partition coefficient (Wildman–Crippen LogP) is 2.20. The van der Waals surface area contributed by atoms with Gasteiger partial charge in [-0.3, -0.25) is 9.59 Å². The maximum Gasteiger partial charge on any atom is 0.305 e. The number of ether oxygens (including phenoxy) is 1. The highest BCUT2D eigenvalue weighted by Crippen LogP contribution is 2.36. The van der Waals surface area contributed by atoms with E-state index in [-0.39, 0.29) is 24.9 Å². The molecule has 1 aliphatic heterocycles. The summed E-state index contributed by atoms with van der Waals surface area (Å²) in [6.45, 7) is 0.620. The molecule has 118 valence electrons. The fourth-order valence-electron chi connectivity index (χ4n) is 3.40. The molecule has 1 amide bonds. The number of rotatable bonds is 5. The van der Waals surface area contributed by atoms with Gasteiger partial charge in [-0.2, -0.15) is 0 Å². The van der Waals surface area contributed by atoms with Gasteiger partial charge in [-0.1, -0.05) is 24.3 Å². The van der Waals surface area contributed by atoms with Crippen LogP contribution in [0.2, 0.25) is 0 Å². The molecule has 22 heavy (non-hydrogen) atoms. The average molecular weight is 303 g/mol. The molecule has 1 aromatic rings. The average Bonchev–Trinajstić information content (AvgIpc) is 2.45. The quantitative estimate of drug-likeness (QED) is 0.874. The summed E-state index contributed by atoms with van der Waals surface area (Å²) in [4.78, 5) is 23.3. The molecule has 0 radical (unpaired) electrons. The van der Waals surface area contributed by atoms with Gasteiger partial charge in [0.1, 0.15) is 0 Å². The van der Waals surface area contributed by atoms with Crippen molar-refractivity contribution in [2.24, 2.45) is 0 Å². The van der Waals surface area contributed by atoms with E-state index < -0.39 is 11.5 Å². The Balaban J connectivity index is 1.64. The van der Waals surface area contributed by atoms with Gasteiger partial charge in [-0.05, 0) is 36.8 Å². The first-order valence-electron chi connectivity index (χ1n) is 7.80. The number of carbonyl (C=O) groups is 2. The van der Waals surface area contributed by atoms with Crippen molar-refractivity contribution < 1.29 is 19.4 Å². The molecule has 5 heteroatoms. The number of carboxylic acids is 1. The van der Waals surface area contributed by atoms with Crippen LogP contribution in [0, 0.1) is 0 Å². The number of benzene rings is 1. The van der Waals surface area contributed by atoms with Gasteiger partial charge in [0, 0.05) is 0 Å². The van der Waals surface area contributed by atoms with Crippen molar-refractivity contribution in [2.75, 3.05) is 6.61 Å². The van der Waals surface area contributed by atoms with E-state index in [1.807, 2.05) is 18.2 Å². The maximum atomic E-state index is 12.3. The lowest BCUT2D eigenvalue weighted by atomic mass is 9.74. The molecule has 1 heterocycles. The summed E-state index contributed by atoms with van der Waals surface area (Å²) in [5.74, 6) is -0.984. The SMILES string of the molecule is O=C(O)CC1(NC(=O)CC2OCCc3ccccc32)CCC1. The molecule has 5 nitrogen and oxygen atoms in total. The Kier molecular flexibility index (Phi) is 4.16. The molecule has 2 aliphatic rings. The monoisotopic (exact) mass is 303 g/mol. The van der Waals surface area contributed by atoms with Crippen LogP contribution >= 0.6 is 0 Å². The van der Waals surface area contributed by atoms with E-state index in [2.05, 4.69) is 11.4 Å². The minimum atomic E-state index is -0.862. The van der Waals surface area contributed by atoms with E-state index in [0.717, 1.165) is 31.2 Å². The second-order valence-corrected chi connectivity index (χ2v) is 6.26. The lowest BCUT2D eigenvalue weighted by Gasteiger charge is -2.41. The zero-order valence-electron chi connectivity index (χ0n) is 12.5. The largest absolute Gasteiger partial charge is 0.481 e. The molecule has 0 aromatic heterocycles. The third-order valence-electron chi connectivity index (χ3n) is 4.67. The smallest absolute Gasteiger partial charge is 0.305 e. The first-order chi connectivity index (χ1) is 10.6. The summed E-state index contributed by atoms with van der Waals surface area (Å²) in [6, 6.07) is 8.02. The number of hydrogen-bond acceptors (Lipinski definition) is 3. The predicted molar refractivity (Wildman–Crippen MR) is 80.4 cm³/mol. The number of nitrogens with one attached hydrogen (secondary N) is 1. The van der Waals surface area contributed by atoms with Crippen LogP contribution < -0.4 is 5.32 Å². The summed E-state index contributed by atoms with van der Waals surface area (Å²) in [6.07, 6.45) is 3.35. The van der Waals surface area contributed by atoms with Crippen LogP contribution in [0.5, 0.6) is 0 Å². The lowest BCUT2D eigenvalue weighted by Crippen LogP contribution is -2.54. The van der Waals surface area contributed by atoms with Gasteiger partial charge >= 0.3 is 5.97 Å². The zero-order valence-corrected chi connectivity index (χ0v) is 12.5. The van der Waals surface area contributed by atoms with Gasteiger partial charge < -0.3 is 15.2 Å². The summed E-state index contributed by atoms with van der Waals surface area (Å²) in [7, 11) is 0. The minimum absolute atomic E-state index is 0.000844. The third kappa shape index (κ3) is 3.14. The van der Waals surface area contributed by atoms with E-state index in [4.69, 9.17) is 9.84 Å². The van der Waals surface area contributed by atoms with Gasteiger partial charge in [0.2, 0.25) is 5.91 Å². The Morgan fingerprint density at radius 2 is 2.09 bits per heavy atom. The number of fused-ring (bicyclic) bond motifs is 1. The molecule has 1 saturated carbocycles. The summed E-state index contributed by atoms with van der Waals surface area (Å²) < 4.78 is 5.75. The van der Waals surface area contributed by atoms with E-state index in [1.165, 1.54) is 5.56 Å². The Labute approximate surface area is 129 Å². The first kappa shape index (κ1) is 15.0. The number of amides is 1. The third-order valence-corrected chi connectivity index (χ3v) is 4.67. The Bertz CT molecular complexity index is 580. The normalized spacial score (nSPS) is 22.3. The highest BCUT2D eigenvalue weighted by atomic mass is 16.5. The van der Waals surface area contributed by atoms with E-state index in [1.54, 1.807) is 0 Å². The summed E-state index contributed by atoms with van der Waals surface area (Å²) in [5, 5.41) is 11.9. The van der Waals surface area contributed by atoms with Crippen LogP contribution in [0.15, 0.2) is 24.3 Å². The molecule has 1 aliphatic carbocycles. The van der Waals surface area contributed by atoms with Crippen LogP contribution in [0.4, 0.5) is 0 Å². The molecule has 1 fully saturated rings. The number of carbonyl (C=O) groups excluding carboxylic acids is 1. The van der Waals surface area contributed by atoms with E-state index in [9.17, 15) is 9.59 Å². The molecule has 3 rings (SSSR count). The lowest BCUT2D eigenvalue weighted by molar-refractivity contribution is -0.140. The highest BCUT2D eigenvalue weighted by Gasteiger charge is 2.40. The second-order valence-electron chi connectivity index (χ2n) is 6.26. The summed E-state index contributed by atoms with van der Waals surface area (Å²) >= 11 is 0. The van der Waals surface area contributed by atoms with Crippen LogP contribution in [0.25, 0.3) is 0 Å². The Morgan fingerprint density at radius 3 is 2.77 bits per heavy atom. The van der Waals surface area contributed by atoms with Crippen molar-refractivity contribution in [1.82, 2.24) is 5.32 Å². The van der Waals surface area contributed by atoms with Crippen molar-refractivity contribution in [3.63, 3.8) is 0 Å². The fourth-order valence-corrected chi connectivity index (χ4v) is 3.40. The molecule has 2 N–H and O–H groups in total. The first-order valence-corrected chi connectivity index (χ1v) is 7.80. The van der Waals surface area contributed by atoms with E-state index in [0.29, 0.717) is 6.61 Å². The summed E-state index contributed by atoms with van der Waals surface area (Å²) in [5.41, 5.74) is 1.76. The molecule has 1 atom stereocenters. The highest BCUT2D eigenvalue weighted by molar-refractivity contribution is 5.79. The minimum Gasteiger partial charge on any atom is -0.481 e. The van der Waals surface area contributed by atoms with Crippen LogP contribution in [-0.2, 0) is 20.7 Å². The van der Waals surface area contributed by atoms with Crippen molar-refractivity contribution in [2.45, 2.75) is 50.2 Å². The molecule has 1 unspecified atom stereocenters. The van der Waals surface area contributed by atoms with Crippen molar-refractivity contribution in [3.8, 4) is 0 Å². The Morgan fingerprint density at radius 1 is 1.32 bits per heavy atom. The van der Waals surface area contributed by atoms with Crippen LogP contribution in [0.3, 0.4) is 0 Å². The second kappa shape index (κ2) is 6.08. The number of carboxylic acid groups (broad SMARTS) is 1. The molecule has 1 aromatic carbocycles. The van der Waals surface area contributed by atoms with Crippen LogP contribution in [0.1, 0.15) is 49.3 Å². The van der Waals surface area contributed by atoms with Gasteiger partial charge in [0.05, 0.1) is 31.1 Å². The molecule has 0 spiro atoms. The van der Waals surface area contributed by atoms with Gasteiger partial charge in [-0.15, -0.1) is 0 Å². The van der Waals surface area contributed by atoms with Crippen LogP contribution in [-0.4, -0.2) is 29.1 Å². The molecular weight excluding hydrogens is 282 g/mol. The van der Waals surface area contributed by atoms with Gasteiger partial charge in [-0.25, -0.2) is 0 Å². The van der Waals surface area contributed by atoms with Crippen molar-refractivity contribution in [1.29, 1.82) is 0 Å². The zero-order chi connectivity index (χ0) is 15.6. The van der Waals surface area contributed by atoms with Crippen molar-refractivity contribution >= 4 is 11.9 Å². The molecule has 0 bridgehead atoms. The van der Waals surface area contributed by atoms with Gasteiger partial charge in [0.25, 0.3) is 0 Å². The van der Waals surface area contributed by atoms with Gasteiger partial charge in [0.15, 0.2) is 0 Å². The molecule has 0 saturated heterocycles. The topological polar surface area (TPSA) is 75.6 Å². The molecular formula is C17H21NO4. The number of aliphatic carboxylic acids is 1. The number of hydrogen-bond donors (Lipinski definition) is 2. The van der Waals surface area contributed by atoms with Crippen molar-refractivity contribution in [3.05, 3.63) is 35.4 Å².